The number of alkyl halides is 9. The van der Waals surface area contributed by atoms with Crippen LogP contribution in [0.25, 0.3) is 0 Å². The highest BCUT2D eigenvalue weighted by molar-refractivity contribution is 5.55. The molecule has 0 radical (unpaired) electrons. The minimum atomic E-state index is -6.74. The van der Waals surface area contributed by atoms with Gasteiger partial charge in [-0.2, -0.15) is 35.1 Å². The van der Waals surface area contributed by atoms with Gasteiger partial charge in [0, 0.05) is 11.3 Å². The molecule has 1 rings (SSSR count). The zero-order valence-corrected chi connectivity index (χ0v) is 11.1. The number of hydrogen-bond acceptors (Lipinski definition) is 1. The number of benzene rings is 1. The summed E-state index contributed by atoms with van der Waals surface area (Å²) in [4.78, 5) is 0. The van der Waals surface area contributed by atoms with Crippen molar-refractivity contribution in [2.75, 3.05) is 5.73 Å². The first-order chi connectivity index (χ1) is 9.57. The van der Waals surface area contributed by atoms with Gasteiger partial charge in [0.2, 0.25) is 0 Å². The van der Waals surface area contributed by atoms with E-state index in [4.69, 9.17) is 5.73 Å². The van der Waals surface area contributed by atoms with Crippen LogP contribution in [0.15, 0.2) is 12.1 Å². The van der Waals surface area contributed by atoms with E-state index in [-0.39, 0.29) is 28.9 Å². The third kappa shape index (κ3) is 2.48. The Balaban J connectivity index is 3.77. The lowest BCUT2D eigenvalue weighted by Gasteiger charge is -2.36. The molecule has 1 aromatic carbocycles. The number of halogens is 9. The third-order valence-corrected chi connectivity index (χ3v) is 3.17. The highest BCUT2D eigenvalue weighted by Crippen LogP contribution is 2.58. The maximum Gasteiger partial charge on any atom is 0.457 e. The van der Waals surface area contributed by atoms with Gasteiger partial charge in [-0.3, -0.25) is 0 Å². The summed E-state index contributed by atoms with van der Waals surface area (Å²) < 4.78 is 116. The molecule has 0 aromatic heterocycles. The zero-order chi connectivity index (χ0) is 17.7. The lowest BCUT2D eigenvalue weighted by molar-refractivity contribution is -0.389. The molecule has 0 spiro atoms. The van der Waals surface area contributed by atoms with Crippen molar-refractivity contribution in [3.63, 3.8) is 0 Å². The van der Waals surface area contributed by atoms with Crippen LogP contribution in [0.5, 0.6) is 0 Å². The van der Waals surface area contributed by atoms with Gasteiger partial charge in [0.25, 0.3) is 0 Å². The number of rotatable bonds is 2. The summed E-state index contributed by atoms with van der Waals surface area (Å²) in [6.45, 7) is 2.13. The maximum absolute atomic E-state index is 14.2. The van der Waals surface area contributed by atoms with Gasteiger partial charge in [-0.05, 0) is 25.0 Å². The zero-order valence-electron chi connectivity index (χ0n) is 11.1. The molecule has 1 nitrogen and oxygen atoms in total. The van der Waals surface area contributed by atoms with E-state index in [2.05, 4.69) is 0 Å². The fourth-order valence-corrected chi connectivity index (χ4v) is 1.89. The highest BCUT2D eigenvalue weighted by Gasteiger charge is 2.81. The second-order valence-corrected chi connectivity index (χ2v) is 4.75. The van der Waals surface area contributed by atoms with Crippen LogP contribution in [0.1, 0.15) is 16.7 Å². The fourth-order valence-electron chi connectivity index (χ4n) is 1.89. The first kappa shape index (κ1) is 18.4. The molecule has 0 saturated carbocycles. The second-order valence-electron chi connectivity index (χ2n) is 4.75. The molecule has 0 aliphatic heterocycles. The van der Waals surface area contributed by atoms with E-state index in [0.29, 0.717) is 0 Å². The summed E-state index contributed by atoms with van der Waals surface area (Å²) in [7, 11) is 0. The van der Waals surface area contributed by atoms with Crippen molar-refractivity contribution in [1.82, 2.24) is 0 Å². The average Bonchev–Trinajstić information content (AvgIpc) is 2.31. The van der Waals surface area contributed by atoms with Crippen molar-refractivity contribution >= 4 is 5.69 Å². The maximum atomic E-state index is 14.2. The quantitative estimate of drug-likeness (QED) is 0.607. The molecule has 0 bridgehead atoms. The molecule has 2 N–H and O–H groups in total. The summed E-state index contributed by atoms with van der Waals surface area (Å²) in [6.07, 6.45) is -13.2. The van der Waals surface area contributed by atoms with E-state index in [9.17, 15) is 39.5 Å². The first-order valence-electron chi connectivity index (χ1n) is 5.64. The number of aryl methyl sites for hydroxylation is 2. The van der Waals surface area contributed by atoms with Crippen molar-refractivity contribution < 1.29 is 39.5 Å². The van der Waals surface area contributed by atoms with Gasteiger partial charge in [0.15, 0.2) is 0 Å². The van der Waals surface area contributed by atoms with Crippen molar-refractivity contribution in [3.8, 4) is 0 Å². The molecule has 0 amide bonds. The highest BCUT2D eigenvalue weighted by atomic mass is 19.4. The fraction of sp³-hybridized carbons (Fsp3) is 0.500. The van der Waals surface area contributed by atoms with Gasteiger partial charge in [-0.25, -0.2) is 4.39 Å². The van der Waals surface area contributed by atoms with Crippen LogP contribution in [0.3, 0.4) is 0 Å². The first-order valence-corrected chi connectivity index (χ1v) is 5.64. The molecule has 0 aliphatic rings. The molecule has 126 valence electrons. The van der Waals surface area contributed by atoms with Gasteiger partial charge in [0.1, 0.15) is 0 Å². The Morgan fingerprint density at radius 2 is 1.09 bits per heavy atom. The third-order valence-electron chi connectivity index (χ3n) is 3.17. The minimum absolute atomic E-state index is 0.136. The van der Waals surface area contributed by atoms with Gasteiger partial charge in [0.05, 0.1) is 0 Å². The lowest BCUT2D eigenvalue weighted by atomic mass is 9.85. The molecule has 0 aliphatic carbocycles. The summed E-state index contributed by atoms with van der Waals surface area (Å²) in [5, 5.41) is 0. The largest absolute Gasteiger partial charge is 0.457 e. The minimum Gasteiger partial charge on any atom is -0.398 e. The Labute approximate surface area is 118 Å². The topological polar surface area (TPSA) is 26.0 Å². The van der Waals surface area contributed by atoms with Crippen LogP contribution < -0.4 is 5.73 Å². The molecular weight excluding hydrogens is 329 g/mol. The summed E-state index contributed by atoms with van der Waals surface area (Å²) in [5.74, 6) is -6.67. The lowest BCUT2D eigenvalue weighted by Crippen LogP contribution is -2.59. The molecule has 10 heteroatoms. The van der Waals surface area contributed by atoms with Gasteiger partial charge in [-0.1, -0.05) is 12.1 Å². The second kappa shape index (κ2) is 4.95. The van der Waals surface area contributed by atoms with E-state index in [1.54, 1.807) is 0 Å². The Morgan fingerprint density at radius 3 is 1.36 bits per heavy atom. The van der Waals surface area contributed by atoms with E-state index >= 15 is 0 Å². The number of hydrogen-bond donors (Lipinski definition) is 1. The van der Waals surface area contributed by atoms with Gasteiger partial charge in [-0.15, -0.1) is 0 Å². The average molecular weight is 339 g/mol. The van der Waals surface area contributed by atoms with Crippen LogP contribution in [0.4, 0.5) is 45.2 Å². The van der Waals surface area contributed by atoms with E-state index in [1.165, 1.54) is 0 Å². The van der Waals surface area contributed by atoms with Crippen molar-refractivity contribution in [2.45, 2.75) is 37.8 Å². The summed E-state index contributed by atoms with van der Waals surface area (Å²) in [6, 6.07) is 0.463. The van der Waals surface area contributed by atoms with Crippen LogP contribution in [-0.4, -0.2) is 18.3 Å². The van der Waals surface area contributed by atoms with Crippen LogP contribution in [-0.2, 0) is 5.67 Å². The van der Waals surface area contributed by atoms with E-state index in [0.717, 1.165) is 13.8 Å². The van der Waals surface area contributed by atoms with Crippen molar-refractivity contribution in [1.29, 1.82) is 0 Å². The van der Waals surface area contributed by atoms with Crippen molar-refractivity contribution in [3.05, 3.63) is 28.8 Å². The molecule has 1 unspecified atom stereocenters. The Hall–Kier alpha value is -1.61. The SMILES string of the molecule is Cc1cc(C(F)(C(F)(F)F)C(F)(F)C(F)(F)F)cc(C)c1N. The number of anilines is 1. The van der Waals surface area contributed by atoms with Gasteiger partial charge < -0.3 is 5.73 Å². The normalized spacial score (nSPS) is 16.5. The Morgan fingerprint density at radius 1 is 0.727 bits per heavy atom. The molecule has 1 atom stereocenters. The van der Waals surface area contributed by atoms with Crippen LogP contribution >= 0.6 is 0 Å². The molecule has 1 aromatic rings. The van der Waals surface area contributed by atoms with Crippen LogP contribution in [0.2, 0.25) is 0 Å². The Kier molecular flexibility index (Phi) is 4.15. The monoisotopic (exact) mass is 339 g/mol. The Bertz CT molecular complexity index is 550. The number of nitrogens with two attached hydrogens (primary N) is 1. The predicted octanol–water partition coefficient (Wildman–Crippen LogP) is 4.81. The summed E-state index contributed by atoms with van der Waals surface area (Å²) in [5.41, 5.74) is -3.04. The molecule has 0 saturated heterocycles. The van der Waals surface area contributed by atoms with Crippen LogP contribution in [0, 0.1) is 13.8 Å². The summed E-state index contributed by atoms with van der Waals surface area (Å²) >= 11 is 0. The molecular formula is C12H10F9N. The van der Waals surface area contributed by atoms with Gasteiger partial charge >= 0.3 is 23.9 Å². The van der Waals surface area contributed by atoms with E-state index < -0.39 is 29.5 Å². The predicted molar refractivity (Wildman–Crippen MR) is 60.2 cm³/mol. The standard InChI is InChI=1S/C12H10F9N/c1-5-3-7(4-6(2)8(5)22)9(13,11(16,17)18)10(14,15)12(19,20)21/h3-4H,22H2,1-2H3. The number of nitrogen functional groups attached to an aromatic ring is 1. The molecule has 0 fully saturated rings. The molecule has 22 heavy (non-hydrogen) atoms. The van der Waals surface area contributed by atoms with E-state index in [1.807, 2.05) is 0 Å². The van der Waals surface area contributed by atoms with Crippen molar-refractivity contribution in [2.24, 2.45) is 0 Å². The molecule has 0 heterocycles. The smallest absolute Gasteiger partial charge is 0.398 e.